The van der Waals surface area contributed by atoms with Gasteiger partial charge in [0.2, 0.25) is 0 Å². The number of aryl methyl sites for hydroxylation is 1. The van der Waals surface area contributed by atoms with Crippen molar-refractivity contribution in [1.29, 1.82) is 0 Å². The number of benzene rings is 1. The molecule has 2 fully saturated rings. The lowest BCUT2D eigenvalue weighted by molar-refractivity contribution is -0.0964. The van der Waals surface area contributed by atoms with Crippen molar-refractivity contribution in [1.82, 2.24) is 0 Å². The van der Waals surface area contributed by atoms with Gasteiger partial charge >= 0.3 is 5.57 Å². The first kappa shape index (κ1) is 24.0. The number of unbranched alkanes of at least 4 members (excludes halogenated alkanes) is 1. The zero-order chi connectivity index (χ0) is 21.4. The van der Waals surface area contributed by atoms with Gasteiger partial charge in [-0.2, -0.15) is 0 Å². The predicted molar refractivity (Wildman–Crippen MR) is 125 cm³/mol. The molecule has 1 saturated heterocycles. The van der Waals surface area contributed by atoms with Gasteiger partial charge in [0, 0.05) is 20.4 Å². The zero-order valence-electron chi connectivity index (χ0n) is 18.6. The van der Waals surface area contributed by atoms with Crippen LogP contribution in [0.15, 0.2) is 24.3 Å². The summed E-state index contributed by atoms with van der Waals surface area (Å²) in [4.78, 5) is 0. The van der Waals surface area contributed by atoms with Crippen LogP contribution in [-0.4, -0.2) is 14.4 Å². The molecule has 0 atom stereocenters. The summed E-state index contributed by atoms with van der Waals surface area (Å²) in [6.45, 7) is 2.36. The number of alkyl halides is 3. The topological polar surface area (TPSA) is 9.23 Å². The van der Waals surface area contributed by atoms with Crippen molar-refractivity contribution in [2.24, 2.45) is 17.8 Å². The highest BCUT2D eigenvalue weighted by Crippen LogP contribution is 2.42. The van der Waals surface area contributed by atoms with Crippen molar-refractivity contribution >= 4 is 20.4 Å². The maximum absolute atomic E-state index is 12.7. The van der Waals surface area contributed by atoms with E-state index in [1.807, 2.05) is 12.1 Å². The molecule has 1 aliphatic carbocycles. The van der Waals surface area contributed by atoms with E-state index < -0.39 is 5.57 Å². The molecule has 170 valence electrons. The van der Waals surface area contributed by atoms with Crippen molar-refractivity contribution < 1.29 is 13.5 Å². The lowest BCUT2D eigenvalue weighted by Gasteiger charge is -2.37. The quantitative estimate of drug-likeness (QED) is 0.195. The van der Waals surface area contributed by atoms with E-state index >= 15 is 0 Å². The molecule has 0 unspecified atom stereocenters. The normalized spacial score (nSPS) is 27.7. The van der Waals surface area contributed by atoms with E-state index in [9.17, 15) is 8.78 Å². The molecule has 0 N–H and O–H groups in total. The van der Waals surface area contributed by atoms with Crippen molar-refractivity contribution in [3.05, 3.63) is 29.8 Å². The number of ether oxygens (including phenoxy) is 1. The summed E-state index contributed by atoms with van der Waals surface area (Å²) in [5.41, 5.74) is -2.47. The fraction of sp³-hybridized carbons (Fsp3) is 0.760. The van der Waals surface area contributed by atoms with Crippen molar-refractivity contribution in [3.8, 4) is 5.75 Å². The molecule has 1 aliphatic heterocycles. The highest BCUT2D eigenvalue weighted by Gasteiger charge is 2.31. The molecule has 1 aromatic carbocycles. The first-order chi connectivity index (χ1) is 14.4. The van der Waals surface area contributed by atoms with E-state index in [-0.39, 0.29) is 14.5 Å². The molecular weight excluding hydrogens is 418 g/mol. The summed E-state index contributed by atoms with van der Waals surface area (Å²) in [5, 5.41) is 0. The molecule has 2 aliphatic rings. The Labute approximate surface area is 188 Å². The molecule has 1 nitrogen and oxygen atoms in total. The van der Waals surface area contributed by atoms with Gasteiger partial charge in [-0.15, -0.1) is 8.78 Å². The molecule has 3 rings (SSSR count). The smallest absolute Gasteiger partial charge is 0.420 e. The van der Waals surface area contributed by atoms with Crippen LogP contribution in [0.3, 0.4) is 0 Å². The van der Waals surface area contributed by atoms with Crippen LogP contribution in [0.5, 0.6) is 5.75 Å². The third-order valence-electron chi connectivity index (χ3n) is 7.63. The molecule has 0 spiro atoms. The standard InChI is InChI=1S/C25H39ClF2OSi/c1-2-17-30-18-15-23(16-19-30)22-11-7-20(8-12-22)5-3-4-6-21-9-13-24(14-10-21)29-25(26,27)28/h9-10,13-14,20,22-23,30H,2-8,11-12,15-19H2,1H3. The number of rotatable bonds is 10. The summed E-state index contributed by atoms with van der Waals surface area (Å²) in [5.74, 6) is 3.11. The lowest BCUT2D eigenvalue weighted by Crippen LogP contribution is -2.28. The Morgan fingerprint density at radius 1 is 0.967 bits per heavy atom. The minimum Gasteiger partial charge on any atom is -0.420 e. The number of hydrogen-bond donors (Lipinski definition) is 0. The van der Waals surface area contributed by atoms with Gasteiger partial charge in [-0.3, -0.25) is 0 Å². The Hall–Kier alpha value is -0.613. The Morgan fingerprint density at radius 3 is 2.20 bits per heavy atom. The van der Waals surface area contributed by atoms with E-state index in [0.717, 1.165) is 30.6 Å². The monoisotopic (exact) mass is 456 g/mol. The average molecular weight is 457 g/mol. The van der Waals surface area contributed by atoms with Crippen molar-refractivity contribution in [3.63, 3.8) is 0 Å². The molecule has 1 saturated carbocycles. The van der Waals surface area contributed by atoms with Crippen molar-refractivity contribution in [2.45, 2.75) is 101 Å². The number of hydrogen-bond acceptors (Lipinski definition) is 1. The lowest BCUT2D eigenvalue weighted by atomic mass is 9.73. The maximum Gasteiger partial charge on any atom is 0.487 e. The zero-order valence-corrected chi connectivity index (χ0v) is 20.5. The summed E-state index contributed by atoms with van der Waals surface area (Å²) >= 11 is 4.80. The molecule has 0 bridgehead atoms. The van der Waals surface area contributed by atoms with Crippen LogP contribution in [0.2, 0.25) is 18.1 Å². The fourth-order valence-electron chi connectivity index (χ4n) is 5.92. The fourth-order valence-corrected chi connectivity index (χ4v) is 9.50. The van der Waals surface area contributed by atoms with Crippen LogP contribution < -0.4 is 4.74 Å². The van der Waals surface area contributed by atoms with Crippen LogP contribution in [-0.2, 0) is 6.42 Å². The number of halogens is 3. The first-order valence-electron chi connectivity index (χ1n) is 12.3. The maximum atomic E-state index is 12.7. The second-order valence-corrected chi connectivity index (χ2v) is 13.7. The Bertz CT molecular complexity index is 603. The van der Waals surface area contributed by atoms with Crippen LogP contribution in [0, 0.1) is 17.8 Å². The van der Waals surface area contributed by atoms with Gasteiger partial charge in [0.05, 0.1) is 0 Å². The minimum absolute atomic E-state index is 0.108. The summed E-state index contributed by atoms with van der Waals surface area (Å²) < 4.78 is 29.7. The van der Waals surface area contributed by atoms with Gasteiger partial charge in [-0.25, -0.2) is 0 Å². The van der Waals surface area contributed by atoms with Gasteiger partial charge in [0.25, 0.3) is 0 Å². The summed E-state index contributed by atoms with van der Waals surface area (Å²) in [6.07, 6.45) is 15.1. The van der Waals surface area contributed by atoms with Gasteiger partial charge in [0.1, 0.15) is 5.75 Å². The van der Waals surface area contributed by atoms with Gasteiger partial charge in [-0.05, 0) is 61.1 Å². The molecule has 0 radical (unpaired) electrons. The van der Waals surface area contributed by atoms with Gasteiger partial charge < -0.3 is 4.74 Å². The van der Waals surface area contributed by atoms with E-state index in [2.05, 4.69) is 11.7 Å². The molecule has 5 heteroatoms. The van der Waals surface area contributed by atoms with Crippen LogP contribution in [0.4, 0.5) is 8.78 Å². The van der Waals surface area contributed by atoms with E-state index in [1.165, 1.54) is 50.5 Å². The predicted octanol–water partition coefficient (Wildman–Crippen LogP) is 8.42. The third-order valence-corrected chi connectivity index (χ3v) is 11.4. The molecular formula is C25H39ClF2OSi. The third kappa shape index (κ3) is 8.14. The first-order valence-corrected chi connectivity index (χ1v) is 15.1. The van der Waals surface area contributed by atoms with E-state index in [1.54, 1.807) is 43.1 Å². The van der Waals surface area contributed by atoms with Gasteiger partial charge in [0.15, 0.2) is 0 Å². The van der Waals surface area contributed by atoms with Crippen molar-refractivity contribution in [2.75, 3.05) is 0 Å². The minimum atomic E-state index is -3.64. The second kappa shape index (κ2) is 11.9. The summed E-state index contributed by atoms with van der Waals surface area (Å²) in [6, 6.07) is 11.7. The van der Waals surface area contributed by atoms with Crippen LogP contribution >= 0.6 is 11.6 Å². The van der Waals surface area contributed by atoms with Crippen LogP contribution in [0.1, 0.15) is 76.7 Å². The Morgan fingerprint density at radius 2 is 1.60 bits per heavy atom. The molecule has 0 aromatic heterocycles. The van der Waals surface area contributed by atoms with E-state index in [0.29, 0.717) is 0 Å². The average Bonchev–Trinajstić information content (AvgIpc) is 2.73. The summed E-state index contributed by atoms with van der Waals surface area (Å²) in [7, 11) is -0.336. The molecule has 1 aromatic rings. The highest BCUT2D eigenvalue weighted by atomic mass is 35.5. The SMILES string of the molecule is CCC[SiH]1CCC(C2CCC(CCCCc3ccc(OC(F)(F)Cl)cc3)CC2)CC1. The van der Waals surface area contributed by atoms with Crippen LogP contribution in [0.25, 0.3) is 0 Å². The van der Waals surface area contributed by atoms with E-state index in [4.69, 9.17) is 11.6 Å². The Balaban J connectivity index is 1.27. The highest BCUT2D eigenvalue weighted by molar-refractivity contribution is 6.58. The molecule has 30 heavy (non-hydrogen) atoms. The largest absolute Gasteiger partial charge is 0.487 e. The Kier molecular flexibility index (Phi) is 9.50. The van der Waals surface area contributed by atoms with Gasteiger partial charge in [-0.1, -0.05) is 82.1 Å². The molecule has 1 heterocycles. The second-order valence-electron chi connectivity index (χ2n) is 9.79. The molecule has 0 amide bonds.